The average Bonchev–Trinajstić information content (AvgIpc) is 2.60. The second kappa shape index (κ2) is 8.21. The number of rotatable bonds is 6. The van der Waals surface area contributed by atoms with Gasteiger partial charge in [-0.1, -0.05) is 25.1 Å². The van der Waals surface area contributed by atoms with E-state index in [1.54, 1.807) is 6.07 Å². The maximum absolute atomic E-state index is 14.0. The summed E-state index contributed by atoms with van der Waals surface area (Å²) in [5, 5.41) is 0. The number of methoxy groups -OCH3 is 1. The molecule has 0 aliphatic rings. The van der Waals surface area contributed by atoms with Crippen LogP contribution in [0.2, 0.25) is 0 Å². The van der Waals surface area contributed by atoms with E-state index < -0.39 is 30.1 Å². The fourth-order valence-electron chi connectivity index (χ4n) is 2.50. The van der Waals surface area contributed by atoms with Crippen LogP contribution in [-0.2, 0) is 35.2 Å². The summed E-state index contributed by atoms with van der Waals surface area (Å²) < 4.78 is 63.7. The highest BCUT2D eigenvalue weighted by atomic mass is 19.4. The number of aryl methyl sites for hydroxylation is 1. The number of benzene rings is 2. The van der Waals surface area contributed by atoms with Crippen molar-refractivity contribution >= 4 is 5.97 Å². The van der Waals surface area contributed by atoms with Crippen LogP contribution in [0.25, 0.3) is 0 Å². The molecule has 0 spiro atoms. The predicted octanol–water partition coefficient (Wildman–Crippen LogP) is 4.70. The van der Waals surface area contributed by atoms with Crippen molar-refractivity contribution in [1.29, 1.82) is 0 Å². The molecule has 2 rings (SSSR count). The van der Waals surface area contributed by atoms with Crippen LogP contribution in [-0.4, -0.2) is 13.1 Å². The van der Waals surface area contributed by atoms with Gasteiger partial charge in [-0.3, -0.25) is 4.79 Å². The number of halogens is 4. The zero-order valence-corrected chi connectivity index (χ0v) is 14.3. The first-order valence-electron chi connectivity index (χ1n) is 7.92. The normalized spacial score (nSPS) is 11.3. The lowest BCUT2D eigenvalue weighted by Gasteiger charge is -2.17. The molecule has 26 heavy (non-hydrogen) atoms. The second-order valence-electron chi connectivity index (χ2n) is 5.60. The van der Waals surface area contributed by atoms with Crippen LogP contribution in [0.3, 0.4) is 0 Å². The highest BCUT2D eigenvalue weighted by Crippen LogP contribution is 2.34. The Morgan fingerprint density at radius 1 is 1.15 bits per heavy atom. The molecule has 0 saturated carbocycles. The van der Waals surface area contributed by atoms with Gasteiger partial charge in [-0.25, -0.2) is 4.39 Å². The Labute approximate surface area is 148 Å². The minimum atomic E-state index is -4.63. The molecule has 0 atom stereocenters. The molecule has 0 unspecified atom stereocenters. The van der Waals surface area contributed by atoms with E-state index in [4.69, 9.17) is 4.74 Å². The Bertz CT molecular complexity index is 785. The minimum absolute atomic E-state index is 0.122. The summed E-state index contributed by atoms with van der Waals surface area (Å²) in [5.74, 6) is -1.48. The highest BCUT2D eigenvalue weighted by Gasteiger charge is 2.34. The lowest BCUT2D eigenvalue weighted by molar-refractivity contribution is -0.141. The van der Waals surface area contributed by atoms with Gasteiger partial charge in [-0.2, -0.15) is 13.2 Å². The largest absolute Gasteiger partial charge is 0.486 e. The molecular formula is C19H18F4O3. The van der Waals surface area contributed by atoms with E-state index in [-0.39, 0.29) is 23.3 Å². The molecule has 0 aromatic heterocycles. The Kier molecular flexibility index (Phi) is 6.23. The van der Waals surface area contributed by atoms with E-state index in [9.17, 15) is 22.4 Å². The fraction of sp³-hybridized carbons (Fsp3) is 0.316. The number of esters is 1. The third-order valence-corrected chi connectivity index (χ3v) is 3.92. The zero-order chi connectivity index (χ0) is 19.3. The summed E-state index contributed by atoms with van der Waals surface area (Å²) in [5.41, 5.74) is -0.275. The summed E-state index contributed by atoms with van der Waals surface area (Å²) in [6.07, 6.45) is -4.34. The maximum atomic E-state index is 14.0. The molecule has 0 heterocycles. The van der Waals surface area contributed by atoms with E-state index in [1.165, 1.54) is 24.3 Å². The number of carbonyl (C=O) groups excluding carboxylic acids is 1. The molecule has 3 nitrogen and oxygen atoms in total. The molecule has 0 saturated heterocycles. The van der Waals surface area contributed by atoms with Crippen molar-refractivity contribution in [2.45, 2.75) is 32.5 Å². The van der Waals surface area contributed by atoms with Gasteiger partial charge >= 0.3 is 12.1 Å². The first kappa shape index (κ1) is 19.8. The van der Waals surface area contributed by atoms with Gasteiger partial charge in [0.15, 0.2) is 11.6 Å². The molecule has 0 aliphatic carbocycles. The monoisotopic (exact) mass is 370 g/mol. The van der Waals surface area contributed by atoms with Crippen LogP contribution in [0, 0.1) is 5.82 Å². The topological polar surface area (TPSA) is 35.5 Å². The number of carbonyl (C=O) groups is 1. The quantitative estimate of drug-likeness (QED) is 0.546. The van der Waals surface area contributed by atoms with Crippen LogP contribution < -0.4 is 4.74 Å². The Morgan fingerprint density at radius 2 is 1.88 bits per heavy atom. The molecule has 0 amide bonds. The van der Waals surface area contributed by atoms with Gasteiger partial charge in [0.05, 0.1) is 19.1 Å². The first-order valence-corrected chi connectivity index (χ1v) is 7.92. The van der Waals surface area contributed by atoms with E-state index in [0.717, 1.165) is 18.7 Å². The summed E-state index contributed by atoms with van der Waals surface area (Å²) in [6, 6.07) is 7.80. The number of alkyl halides is 3. The lowest BCUT2D eigenvalue weighted by Crippen LogP contribution is -2.16. The summed E-state index contributed by atoms with van der Waals surface area (Å²) in [7, 11) is 1.15. The minimum Gasteiger partial charge on any atom is -0.486 e. The van der Waals surface area contributed by atoms with Crippen LogP contribution in [0.1, 0.15) is 29.2 Å². The molecule has 2 aromatic rings. The summed E-state index contributed by atoms with van der Waals surface area (Å²) >= 11 is 0. The van der Waals surface area contributed by atoms with E-state index >= 15 is 0 Å². The van der Waals surface area contributed by atoms with Gasteiger partial charge in [0.1, 0.15) is 6.61 Å². The van der Waals surface area contributed by atoms with E-state index in [2.05, 4.69) is 4.74 Å². The molecule has 140 valence electrons. The van der Waals surface area contributed by atoms with Crippen molar-refractivity contribution in [3.63, 3.8) is 0 Å². The Morgan fingerprint density at radius 3 is 2.46 bits per heavy atom. The molecular weight excluding hydrogens is 352 g/mol. The van der Waals surface area contributed by atoms with Crippen molar-refractivity contribution in [2.75, 3.05) is 7.11 Å². The summed E-state index contributed by atoms with van der Waals surface area (Å²) in [4.78, 5) is 11.5. The molecule has 7 heteroatoms. The van der Waals surface area contributed by atoms with Gasteiger partial charge < -0.3 is 9.47 Å². The lowest BCUT2D eigenvalue weighted by atomic mass is 9.99. The Hall–Kier alpha value is -2.57. The smallest absolute Gasteiger partial charge is 0.416 e. The first-order chi connectivity index (χ1) is 12.3. The third-order valence-electron chi connectivity index (χ3n) is 3.92. The predicted molar refractivity (Wildman–Crippen MR) is 87.3 cm³/mol. The molecule has 0 bridgehead atoms. The van der Waals surface area contributed by atoms with Crippen LogP contribution in [0.15, 0.2) is 36.4 Å². The van der Waals surface area contributed by atoms with Crippen LogP contribution in [0.5, 0.6) is 5.75 Å². The SMILES string of the molecule is CCc1ccc(OCc2c(CC(=O)OC)cccc2C(F)(F)F)c(F)c1. The standard InChI is InChI=1S/C19H18F4O3/c1-3-12-7-8-17(16(20)9-12)26-11-14-13(10-18(24)25-2)5-4-6-15(14)19(21,22)23/h4-9H,3,10-11H2,1-2H3. The van der Waals surface area contributed by atoms with E-state index in [0.29, 0.717) is 6.42 Å². The van der Waals surface area contributed by atoms with Crippen LogP contribution >= 0.6 is 0 Å². The molecule has 0 radical (unpaired) electrons. The second-order valence-corrected chi connectivity index (χ2v) is 5.60. The fourth-order valence-corrected chi connectivity index (χ4v) is 2.50. The maximum Gasteiger partial charge on any atom is 0.416 e. The van der Waals surface area contributed by atoms with E-state index in [1.807, 2.05) is 6.92 Å². The average molecular weight is 370 g/mol. The summed E-state index contributed by atoms with van der Waals surface area (Å²) in [6.45, 7) is 1.33. The third kappa shape index (κ3) is 4.74. The highest BCUT2D eigenvalue weighted by molar-refractivity contribution is 5.73. The van der Waals surface area contributed by atoms with Crippen molar-refractivity contribution < 1.29 is 31.8 Å². The zero-order valence-electron chi connectivity index (χ0n) is 14.3. The van der Waals surface area contributed by atoms with Crippen molar-refractivity contribution in [1.82, 2.24) is 0 Å². The van der Waals surface area contributed by atoms with Gasteiger partial charge in [0.25, 0.3) is 0 Å². The van der Waals surface area contributed by atoms with Crippen LogP contribution in [0.4, 0.5) is 17.6 Å². The molecule has 2 aromatic carbocycles. The van der Waals surface area contributed by atoms with Crippen molar-refractivity contribution in [3.05, 3.63) is 64.5 Å². The number of ether oxygens (including phenoxy) is 2. The number of hydrogen-bond acceptors (Lipinski definition) is 3. The Balaban J connectivity index is 2.35. The van der Waals surface area contributed by atoms with Crippen molar-refractivity contribution in [2.24, 2.45) is 0 Å². The molecule has 0 aliphatic heterocycles. The van der Waals surface area contributed by atoms with Gasteiger partial charge in [-0.05, 0) is 35.7 Å². The van der Waals surface area contributed by atoms with Gasteiger partial charge in [0.2, 0.25) is 0 Å². The van der Waals surface area contributed by atoms with Gasteiger partial charge in [-0.15, -0.1) is 0 Å². The molecule has 0 fully saturated rings. The number of hydrogen-bond donors (Lipinski definition) is 0. The molecule has 0 N–H and O–H groups in total. The van der Waals surface area contributed by atoms with Crippen molar-refractivity contribution in [3.8, 4) is 5.75 Å². The van der Waals surface area contributed by atoms with Gasteiger partial charge in [0, 0.05) is 5.56 Å².